The summed E-state index contributed by atoms with van der Waals surface area (Å²) in [6, 6.07) is 7.58. The highest BCUT2D eigenvalue weighted by Crippen LogP contribution is 2.29. The lowest BCUT2D eigenvalue weighted by Gasteiger charge is -2.35. The van der Waals surface area contributed by atoms with Crippen LogP contribution in [0.15, 0.2) is 41.7 Å². The third kappa shape index (κ3) is 4.40. The van der Waals surface area contributed by atoms with Crippen LogP contribution < -0.4 is 5.73 Å². The summed E-state index contributed by atoms with van der Waals surface area (Å²) < 4.78 is 0. The highest BCUT2D eigenvalue weighted by molar-refractivity contribution is 5.97. The second-order valence-electron chi connectivity index (χ2n) is 8.39. The van der Waals surface area contributed by atoms with Gasteiger partial charge in [-0.1, -0.05) is 6.42 Å². The topological polar surface area (TPSA) is 97.4 Å². The molecule has 1 saturated carbocycles. The van der Waals surface area contributed by atoms with E-state index in [0.29, 0.717) is 28.5 Å². The van der Waals surface area contributed by atoms with Gasteiger partial charge in [0.15, 0.2) is 0 Å². The maximum atomic E-state index is 13.3. The smallest absolute Gasteiger partial charge is 0.254 e. The maximum absolute atomic E-state index is 13.3. The van der Waals surface area contributed by atoms with Crippen LogP contribution >= 0.6 is 0 Å². The van der Waals surface area contributed by atoms with Gasteiger partial charge in [-0.05, 0) is 56.9 Å². The number of rotatable bonds is 6. The van der Waals surface area contributed by atoms with Crippen LogP contribution in [-0.4, -0.2) is 51.6 Å². The lowest BCUT2D eigenvalue weighted by Crippen LogP contribution is -2.41. The largest absolute Gasteiger partial charge is 0.383 e. The molecule has 0 atom stereocenters. The Morgan fingerprint density at radius 3 is 2.71 bits per heavy atom. The van der Waals surface area contributed by atoms with Crippen LogP contribution in [-0.2, 0) is 0 Å². The number of carbonyl (C=O) groups is 1. The van der Waals surface area contributed by atoms with Gasteiger partial charge in [0, 0.05) is 48.7 Å². The van der Waals surface area contributed by atoms with Crippen LogP contribution in [0, 0.1) is 5.92 Å². The zero-order valence-corrected chi connectivity index (χ0v) is 18.2. The number of nitrogens with zero attached hydrogens (tertiary/aromatic N) is 5. The lowest BCUT2D eigenvalue weighted by atomic mass is 9.85. The molecule has 1 amide bonds. The molecular formula is C24H28N6O. The molecule has 160 valence electrons. The summed E-state index contributed by atoms with van der Waals surface area (Å²) in [6.07, 6.45) is 8.74. The third-order valence-electron chi connectivity index (χ3n) is 5.87. The molecule has 0 spiro atoms. The predicted molar refractivity (Wildman–Crippen MR) is 124 cm³/mol. The fourth-order valence-electron chi connectivity index (χ4n) is 3.81. The van der Waals surface area contributed by atoms with Crippen molar-refractivity contribution in [1.29, 1.82) is 0 Å². The van der Waals surface area contributed by atoms with E-state index in [1.165, 1.54) is 19.3 Å². The van der Waals surface area contributed by atoms with E-state index in [1.54, 1.807) is 25.7 Å². The van der Waals surface area contributed by atoms with E-state index >= 15 is 0 Å². The molecule has 0 bridgehead atoms. The Morgan fingerprint density at radius 1 is 1.23 bits per heavy atom. The molecule has 0 unspecified atom stereocenters. The van der Waals surface area contributed by atoms with Crippen LogP contribution in [0.25, 0.3) is 22.3 Å². The second kappa shape index (κ2) is 8.79. The molecule has 2 N–H and O–H groups in total. The first-order chi connectivity index (χ1) is 15.0. The van der Waals surface area contributed by atoms with E-state index in [4.69, 9.17) is 10.7 Å². The molecule has 1 aromatic carbocycles. The summed E-state index contributed by atoms with van der Waals surface area (Å²) >= 11 is 0. The summed E-state index contributed by atoms with van der Waals surface area (Å²) in [5.74, 6) is 1.08. The maximum Gasteiger partial charge on any atom is 0.254 e. The van der Waals surface area contributed by atoms with Gasteiger partial charge in [-0.25, -0.2) is 9.97 Å². The standard InChI is InChI=1S/C24H28N6O/c1-15(2)30(14-16-5-4-6-16)24(31)17-7-8-20-21(10-17)29-22(13-27-20)18-9-19(11-26-3)23(25)28-12-18/h7-13,15-16H,4-6,14H2,1-3H3,(H2,25,28). The molecule has 31 heavy (non-hydrogen) atoms. The molecule has 0 aliphatic heterocycles. The summed E-state index contributed by atoms with van der Waals surface area (Å²) in [6.45, 7) is 4.96. The number of hydrogen-bond acceptors (Lipinski definition) is 6. The second-order valence-corrected chi connectivity index (χ2v) is 8.39. The number of aliphatic imine (C=N–C) groups is 1. The van der Waals surface area contributed by atoms with Crippen molar-refractivity contribution in [3.63, 3.8) is 0 Å². The van der Waals surface area contributed by atoms with Crippen molar-refractivity contribution in [3.8, 4) is 11.3 Å². The minimum absolute atomic E-state index is 0.0478. The highest BCUT2D eigenvalue weighted by atomic mass is 16.2. The van der Waals surface area contributed by atoms with Crippen LogP contribution in [0.5, 0.6) is 0 Å². The van der Waals surface area contributed by atoms with E-state index < -0.39 is 0 Å². The first-order valence-corrected chi connectivity index (χ1v) is 10.7. The monoisotopic (exact) mass is 416 g/mol. The minimum Gasteiger partial charge on any atom is -0.383 e. The fraction of sp³-hybridized carbons (Fsp3) is 0.375. The van der Waals surface area contributed by atoms with Gasteiger partial charge >= 0.3 is 0 Å². The van der Waals surface area contributed by atoms with Gasteiger partial charge in [-0.2, -0.15) is 0 Å². The molecule has 2 heterocycles. The molecule has 4 rings (SSSR count). The fourth-order valence-corrected chi connectivity index (χ4v) is 3.81. The van der Waals surface area contributed by atoms with Crippen molar-refractivity contribution in [2.45, 2.75) is 39.2 Å². The van der Waals surface area contributed by atoms with Gasteiger partial charge in [-0.3, -0.25) is 14.8 Å². The molecule has 1 aliphatic carbocycles. The number of fused-ring (bicyclic) bond motifs is 1. The summed E-state index contributed by atoms with van der Waals surface area (Å²) in [7, 11) is 1.69. The third-order valence-corrected chi connectivity index (χ3v) is 5.87. The van der Waals surface area contributed by atoms with Crippen LogP contribution in [0.4, 0.5) is 5.82 Å². The molecule has 7 heteroatoms. The molecule has 7 nitrogen and oxygen atoms in total. The number of aromatic nitrogens is 3. The number of nitrogen functional groups attached to an aromatic ring is 1. The normalized spacial score (nSPS) is 14.3. The van der Waals surface area contributed by atoms with Crippen LogP contribution in [0.1, 0.15) is 49.0 Å². The van der Waals surface area contributed by atoms with E-state index in [1.807, 2.05) is 29.2 Å². The minimum atomic E-state index is 0.0478. The van der Waals surface area contributed by atoms with E-state index in [9.17, 15) is 4.79 Å². The molecule has 0 radical (unpaired) electrons. The number of pyridine rings is 1. The zero-order chi connectivity index (χ0) is 22.0. The van der Waals surface area contributed by atoms with E-state index in [2.05, 4.69) is 28.8 Å². The van der Waals surface area contributed by atoms with Gasteiger partial charge in [0.05, 0.1) is 22.9 Å². The first kappa shape index (κ1) is 20.9. The quantitative estimate of drug-likeness (QED) is 0.613. The number of carbonyl (C=O) groups excluding carboxylic acids is 1. The number of hydrogen-bond donors (Lipinski definition) is 1. The average molecular weight is 417 g/mol. The van der Waals surface area contributed by atoms with Gasteiger partial charge in [-0.15, -0.1) is 0 Å². The molecular weight excluding hydrogens is 388 g/mol. The Morgan fingerprint density at radius 2 is 2.03 bits per heavy atom. The van der Waals surface area contributed by atoms with Crippen molar-refractivity contribution in [3.05, 3.63) is 47.8 Å². The highest BCUT2D eigenvalue weighted by Gasteiger charge is 2.26. The van der Waals surface area contributed by atoms with Gasteiger partial charge in [0.1, 0.15) is 5.82 Å². The van der Waals surface area contributed by atoms with Crippen LogP contribution in [0.2, 0.25) is 0 Å². The summed E-state index contributed by atoms with van der Waals surface area (Å²) in [5, 5.41) is 0. The van der Waals surface area contributed by atoms with Crippen molar-refractivity contribution in [1.82, 2.24) is 19.9 Å². The predicted octanol–water partition coefficient (Wildman–Crippen LogP) is 3.97. The van der Waals surface area contributed by atoms with E-state index in [0.717, 1.165) is 23.2 Å². The number of anilines is 1. The number of benzene rings is 1. The first-order valence-electron chi connectivity index (χ1n) is 10.7. The van der Waals surface area contributed by atoms with Gasteiger partial charge in [0.25, 0.3) is 5.91 Å². The number of nitrogens with two attached hydrogens (primary N) is 1. The van der Waals surface area contributed by atoms with Crippen LogP contribution in [0.3, 0.4) is 0 Å². The van der Waals surface area contributed by atoms with Crippen molar-refractivity contribution in [2.24, 2.45) is 10.9 Å². The molecule has 0 saturated heterocycles. The van der Waals surface area contributed by atoms with Crippen molar-refractivity contribution in [2.75, 3.05) is 19.3 Å². The molecule has 3 aromatic rings. The van der Waals surface area contributed by atoms with Gasteiger partial charge in [0.2, 0.25) is 0 Å². The zero-order valence-electron chi connectivity index (χ0n) is 18.2. The SMILES string of the molecule is CN=Cc1cc(-c2cnc3ccc(C(=O)N(CC4CCC4)C(C)C)cc3n2)cnc1N. The van der Waals surface area contributed by atoms with Crippen molar-refractivity contribution < 1.29 is 4.79 Å². The Kier molecular flexibility index (Phi) is 5.93. The summed E-state index contributed by atoms with van der Waals surface area (Å²) in [5.41, 5.74) is 10.2. The van der Waals surface area contributed by atoms with Crippen molar-refractivity contribution >= 4 is 29.0 Å². The summed E-state index contributed by atoms with van der Waals surface area (Å²) in [4.78, 5) is 32.8. The Labute approximate surface area is 182 Å². The molecule has 2 aromatic heterocycles. The number of amides is 1. The van der Waals surface area contributed by atoms with Gasteiger partial charge < -0.3 is 10.6 Å². The van der Waals surface area contributed by atoms with E-state index in [-0.39, 0.29) is 11.9 Å². The average Bonchev–Trinajstić information content (AvgIpc) is 2.73. The Hall–Kier alpha value is -3.35. The molecule has 1 aliphatic rings. The lowest BCUT2D eigenvalue weighted by molar-refractivity contribution is 0.0633. The Bertz CT molecular complexity index is 1140. The molecule has 1 fully saturated rings. The Balaban J connectivity index is 1.67.